The normalized spacial score (nSPS) is 11.0. The predicted molar refractivity (Wildman–Crippen MR) is 115 cm³/mol. The van der Waals surface area contributed by atoms with Crippen LogP contribution in [-0.4, -0.2) is 9.55 Å². The summed E-state index contributed by atoms with van der Waals surface area (Å²) in [6.07, 6.45) is 1.69. The molecule has 0 saturated heterocycles. The lowest BCUT2D eigenvalue weighted by molar-refractivity contribution is 0.665. The van der Waals surface area contributed by atoms with Crippen LogP contribution in [0.2, 0.25) is 0 Å². The zero-order valence-corrected chi connectivity index (χ0v) is 15.9. The fraction of sp³-hybridized carbons (Fsp3) is 0.167. The molecule has 0 aliphatic rings. The Morgan fingerprint density at radius 3 is 2.36 bits per heavy atom. The van der Waals surface area contributed by atoms with Crippen molar-refractivity contribution in [3.05, 3.63) is 94.5 Å². The number of aryl methyl sites for hydroxylation is 1. The van der Waals surface area contributed by atoms with Gasteiger partial charge in [0.15, 0.2) is 0 Å². The molecule has 0 amide bonds. The van der Waals surface area contributed by atoms with Gasteiger partial charge in [0.05, 0.1) is 17.4 Å². The fourth-order valence-electron chi connectivity index (χ4n) is 3.48. The molecule has 0 aliphatic heterocycles. The quantitative estimate of drug-likeness (QED) is 0.521. The number of anilines is 1. The van der Waals surface area contributed by atoms with E-state index in [2.05, 4.69) is 43.3 Å². The summed E-state index contributed by atoms with van der Waals surface area (Å²) in [5, 5.41) is 0.570. The number of aromatic nitrogens is 2. The van der Waals surface area contributed by atoms with Crippen molar-refractivity contribution in [2.24, 2.45) is 0 Å². The molecule has 4 aromatic rings. The van der Waals surface area contributed by atoms with Gasteiger partial charge in [-0.05, 0) is 41.3 Å². The third kappa shape index (κ3) is 3.54. The van der Waals surface area contributed by atoms with Crippen molar-refractivity contribution in [2.45, 2.75) is 26.3 Å². The van der Waals surface area contributed by atoms with Crippen LogP contribution in [-0.2, 0) is 13.0 Å². The van der Waals surface area contributed by atoms with Crippen molar-refractivity contribution in [1.82, 2.24) is 9.55 Å². The number of hydrogen-bond donors (Lipinski definition) is 1. The van der Waals surface area contributed by atoms with Gasteiger partial charge in [0.25, 0.3) is 5.56 Å². The Morgan fingerprint density at radius 2 is 1.64 bits per heavy atom. The summed E-state index contributed by atoms with van der Waals surface area (Å²) in [5.41, 5.74) is 10.6. The highest BCUT2D eigenvalue weighted by Gasteiger charge is 2.11. The molecule has 0 bridgehead atoms. The maximum Gasteiger partial charge on any atom is 0.261 e. The molecule has 4 nitrogen and oxygen atoms in total. The molecule has 140 valence electrons. The number of nitrogen functional groups attached to an aromatic ring is 1. The zero-order valence-electron chi connectivity index (χ0n) is 15.9. The van der Waals surface area contributed by atoms with Crippen molar-refractivity contribution < 1.29 is 0 Å². The Labute approximate surface area is 164 Å². The molecule has 1 heterocycles. The third-order valence-corrected chi connectivity index (χ3v) is 4.93. The third-order valence-electron chi connectivity index (χ3n) is 4.93. The summed E-state index contributed by atoms with van der Waals surface area (Å²) in [5.74, 6) is 0.817. The van der Waals surface area contributed by atoms with Crippen molar-refractivity contribution in [2.75, 3.05) is 5.73 Å². The summed E-state index contributed by atoms with van der Waals surface area (Å²) in [4.78, 5) is 17.9. The minimum absolute atomic E-state index is 0.0344. The lowest BCUT2D eigenvalue weighted by Gasteiger charge is -2.14. The monoisotopic (exact) mass is 369 g/mol. The van der Waals surface area contributed by atoms with E-state index in [4.69, 9.17) is 10.7 Å². The second kappa shape index (κ2) is 7.69. The van der Waals surface area contributed by atoms with E-state index in [9.17, 15) is 4.79 Å². The van der Waals surface area contributed by atoms with Crippen LogP contribution >= 0.6 is 0 Å². The molecular weight excluding hydrogens is 346 g/mol. The molecule has 0 saturated carbocycles. The largest absolute Gasteiger partial charge is 0.399 e. The minimum Gasteiger partial charge on any atom is -0.399 e. The molecule has 0 atom stereocenters. The molecular formula is C24H23N3O. The van der Waals surface area contributed by atoms with E-state index in [0.29, 0.717) is 23.1 Å². The molecule has 1 aromatic heterocycles. The average molecular weight is 369 g/mol. The number of benzene rings is 3. The van der Waals surface area contributed by atoms with Crippen molar-refractivity contribution in [1.29, 1.82) is 0 Å². The molecule has 0 aliphatic carbocycles. The van der Waals surface area contributed by atoms with E-state index in [1.807, 2.05) is 24.3 Å². The van der Waals surface area contributed by atoms with Gasteiger partial charge >= 0.3 is 0 Å². The second-order valence-corrected chi connectivity index (χ2v) is 7.01. The molecule has 4 rings (SSSR count). The van der Waals surface area contributed by atoms with E-state index in [1.54, 1.807) is 16.7 Å². The van der Waals surface area contributed by atoms with E-state index in [0.717, 1.165) is 29.8 Å². The van der Waals surface area contributed by atoms with Crippen LogP contribution in [0.15, 0.2) is 77.6 Å². The fourth-order valence-corrected chi connectivity index (χ4v) is 3.48. The van der Waals surface area contributed by atoms with Crippen LogP contribution in [0.1, 0.15) is 24.7 Å². The molecule has 0 fully saturated rings. The van der Waals surface area contributed by atoms with Gasteiger partial charge < -0.3 is 5.73 Å². The topological polar surface area (TPSA) is 60.9 Å². The minimum atomic E-state index is -0.0344. The number of rotatable bonds is 5. The van der Waals surface area contributed by atoms with E-state index >= 15 is 0 Å². The Balaban J connectivity index is 1.73. The van der Waals surface area contributed by atoms with Crippen LogP contribution in [0.5, 0.6) is 0 Å². The average Bonchev–Trinajstić information content (AvgIpc) is 2.73. The zero-order chi connectivity index (χ0) is 19.5. The van der Waals surface area contributed by atoms with Gasteiger partial charge in [0.2, 0.25) is 0 Å². The first-order valence-electron chi connectivity index (χ1n) is 9.59. The van der Waals surface area contributed by atoms with Crippen LogP contribution in [0.4, 0.5) is 5.69 Å². The number of fused-ring (bicyclic) bond motifs is 1. The number of nitrogens with zero attached hydrogens (tertiary/aromatic N) is 2. The van der Waals surface area contributed by atoms with Crippen LogP contribution < -0.4 is 11.3 Å². The smallest absolute Gasteiger partial charge is 0.261 e. The maximum absolute atomic E-state index is 13.1. The predicted octanol–water partition coefficient (Wildman–Crippen LogP) is 4.65. The SMILES string of the molecule is CCCc1nc2ccc(N)cc2c(=O)n1Cc1ccc(-c2ccccc2)cc1. The molecule has 0 unspecified atom stereocenters. The Kier molecular flexibility index (Phi) is 4.94. The molecule has 28 heavy (non-hydrogen) atoms. The van der Waals surface area contributed by atoms with Crippen molar-refractivity contribution >= 4 is 16.6 Å². The Morgan fingerprint density at radius 1 is 0.929 bits per heavy atom. The van der Waals surface area contributed by atoms with E-state index < -0.39 is 0 Å². The van der Waals surface area contributed by atoms with E-state index in [1.165, 1.54) is 5.56 Å². The second-order valence-electron chi connectivity index (χ2n) is 7.01. The first kappa shape index (κ1) is 18.0. The number of nitrogens with two attached hydrogens (primary N) is 1. The first-order valence-corrected chi connectivity index (χ1v) is 9.59. The van der Waals surface area contributed by atoms with Gasteiger partial charge in [-0.3, -0.25) is 9.36 Å². The summed E-state index contributed by atoms with van der Waals surface area (Å²) >= 11 is 0. The highest BCUT2D eigenvalue weighted by atomic mass is 16.1. The maximum atomic E-state index is 13.1. The van der Waals surface area contributed by atoms with Gasteiger partial charge in [-0.2, -0.15) is 0 Å². The molecule has 0 spiro atoms. The highest BCUT2D eigenvalue weighted by molar-refractivity contribution is 5.81. The van der Waals surface area contributed by atoms with Crippen molar-refractivity contribution in [3.63, 3.8) is 0 Å². The van der Waals surface area contributed by atoms with Gasteiger partial charge in [0.1, 0.15) is 5.82 Å². The summed E-state index contributed by atoms with van der Waals surface area (Å²) in [6.45, 7) is 2.60. The van der Waals surface area contributed by atoms with Gasteiger partial charge in [-0.25, -0.2) is 4.98 Å². The Hall–Kier alpha value is -3.40. The standard InChI is InChI=1S/C24H23N3O/c1-2-6-23-26-22-14-13-20(25)15-21(22)24(28)27(23)16-17-9-11-19(12-10-17)18-7-4-3-5-8-18/h3-5,7-15H,2,6,16,25H2,1H3. The first-order chi connectivity index (χ1) is 13.7. The molecule has 0 radical (unpaired) electrons. The van der Waals surface area contributed by atoms with Crippen LogP contribution in [0.25, 0.3) is 22.0 Å². The Bertz CT molecular complexity index is 1160. The van der Waals surface area contributed by atoms with Crippen LogP contribution in [0.3, 0.4) is 0 Å². The summed E-state index contributed by atoms with van der Waals surface area (Å²) < 4.78 is 1.78. The highest BCUT2D eigenvalue weighted by Crippen LogP contribution is 2.20. The molecule has 3 aromatic carbocycles. The number of hydrogen-bond acceptors (Lipinski definition) is 3. The molecule has 2 N–H and O–H groups in total. The van der Waals surface area contributed by atoms with Gasteiger partial charge in [-0.15, -0.1) is 0 Å². The van der Waals surface area contributed by atoms with Gasteiger partial charge in [0, 0.05) is 12.1 Å². The van der Waals surface area contributed by atoms with Gasteiger partial charge in [-0.1, -0.05) is 61.5 Å². The van der Waals surface area contributed by atoms with E-state index in [-0.39, 0.29) is 5.56 Å². The van der Waals surface area contributed by atoms with Crippen LogP contribution in [0, 0.1) is 0 Å². The lowest BCUT2D eigenvalue weighted by Crippen LogP contribution is -2.26. The molecule has 4 heteroatoms. The summed E-state index contributed by atoms with van der Waals surface area (Å²) in [7, 11) is 0. The summed E-state index contributed by atoms with van der Waals surface area (Å²) in [6, 6.07) is 24.0. The van der Waals surface area contributed by atoms with Crippen molar-refractivity contribution in [3.8, 4) is 11.1 Å². The lowest BCUT2D eigenvalue weighted by atomic mass is 10.0.